The van der Waals surface area contributed by atoms with E-state index in [0.29, 0.717) is 6.04 Å². The number of hydrogen-bond acceptors (Lipinski definition) is 4. The largest absolute Gasteiger partial charge is 0.379 e. The molecule has 0 bridgehead atoms. The van der Waals surface area contributed by atoms with Crippen LogP contribution in [-0.2, 0) is 11.2 Å². The van der Waals surface area contributed by atoms with E-state index < -0.39 is 0 Å². The van der Waals surface area contributed by atoms with E-state index in [4.69, 9.17) is 4.74 Å². The number of guanidine groups is 1. The molecular formula is C21H31IN4OS. The number of aryl methyl sites for hydroxylation is 1. The summed E-state index contributed by atoms with van der Waals surface area (Å²) in [6.45, 7) is 5.35. The fourth-order valence-electron chi connectivity index (χ4n) is 3.34. The van der Waals surface area contributed by atoms with Gasteiger partial charge in [0.05, 0.1) is 19.3 Å². The highest BCUT2D eigenvalue weighted by molar-refractivity contribution is 14.0. The number of rotatable bonds is 8. The Morgan fingerprint density at radius 1 is 1.14 bits per heavy atom. The van der Waals surface area contributed by atoms with Gasteiger partial charge in [-0.15, -0.1) is 35.3 Å². The molecule has 154 valence electrons. The summed E-state index contributed by atoms with van der Waals surface area (Å²) in [4.78, 5) is 8.28. The van der Waals surface area contributed by atoms with Gasteiger partial charge in [0.15, 0.2) is 5.96 Å². The topological polar surface area (TPSA) is 48.9 Å². The van der Waals surface area contributed by atoms with Gasteiger partial charge in [0.1, 0.15) is 0 Å². The quantitative estimate of drug-likeness (QED) is 0.245. The van der Waals surface area contributed by atoms with E-state index in [1.807, 2.05) is 18.4 Å². The first-order valence-corrected chi connectivity index (χ1v) is 10.6. The summed E-state index contributed by atoms with van der Waals surface area (Å²) >= 11 is 1.82. The summed E-state index contributed by atoms with van der Waals surface area (Å²) in [7, 11) is 1.83. The summed E-state index contributed by atoms with van der Waals surface area (Å²) in [5, 5.41) is 9.11. The summed E-state index contributed by atoms with van der Waals surface area (Å²) in [6.07, 6.45) is 2.17. The van der Waals surface area contributed by atoms with Crippen molar-refractivity contribution in [3.05, 3.63) is 58.3 Å². The second-order valence-electron chi connectivity index (χ2n) is 6.65. The summed E-state index contributed by atoms with van der Waals surface area (Å²) in [5.74, 6) is 0.873. The molecule has 1 unspecified atom stereocenters. The van der Waals surface area contributed by atoms with E-state index in [-0.39, 0.29) is 24.0 Å². The fourth-order valence-corrected chi connectivity index (χ4v) is 4.20. The van der Waals surface area contributed by atoms with Crippen molar-refractivity contribution in [2.24, 2.45) is 4.99 Å². The van der Waals surface area contributed by atoms with Crippen LogP contribution in [0.2, 0.25) is 0 Å². The molecule has 2 heterocycles. The highest BCUT2D eigenvalue weighted by atomic mass is 127. The Hall–Kier alpha value is -1.16. The second kappa shape index (κ2) is 13.1. The Morgan fingerprint density at radius 3 is 2.61 bits per heavy atom. The normalized spacial score (nSPS) is 16.2. The highest BCUT2D eigenvalue weighted by Crippen LogP contribution is 2.25. The van der Waals surface area contributed by atoms with Gasteiger partial charge in [-0.25, -0.2) is 0 Å². The standard InChI is InChI=1S/C21H30N4OS.HI/c1-22-21(23-11-5-9-18-7-3-2-4-8-18)24-17-19(20-10-6-16-27-20)25-12-14-26-15-13-25;/h2-4,6-8,10,16,19H,5,9,11-15,17H2,1H3,(H2,22,23,24);1H. The van der Waals surface area contributed by atoms with Crippen LogP contribution in [0.25, 0.3) is 0 Å². The molecular weight excluding hydrogens is 483 g/mol. The molecule has 1 fully saturated rings. The highest BCUT2D eigenvalue weighted by Gasteiger charge is 2.23. The van der Waals surface area contributed by atoms with Crippen LogP contribution in [-0.4, -0.2) is 57.3 Å². The number of nitrogens with one attached hydrogen (secondary N) is 2. The molecule has 0 amide bonds. The molecule has 28 heavy (non-hydrogen) atoms. The third-order valence-electron chi connectivity index (χ3n) is 4.82. The maximum atomic E-state index is 5.52. The van der Waals surface area contributed by atoms with Crippen LogP contribution in [0.1, 0.15) is 22.9 Å². The number of thiophene rings is 1. The lowest BCUT2D eigenvalue weighted by Crippen LogP contribution is -2.46. The van der Waals surface area contributed by atoms with Crippen LogP contribution in [0.15, 0.2) is 52.8 Å². The molecule has 0 aliphatic carbocycles. The SMILES string of the molecule is CN=C(NCCCc1ccccc1)NCC(c1cccs1)N1CCOCC1.I. The van der Waals surface area contributed by atoms with Gasteiger partial charge in [-0.2, -0.15) is 0 Å². The molecule has 0 saturated carbocycles. The van der Waals surface area contributed by atoms with Crippen molar-refractivity contribution in [1.82, 2.24) is 15.5 Å². The van der Waals surface area contributed by atoms with Gasteiger partial charge in [-0.3, -0.25) is 9.89 Å². The zero-order valence-corrected chi connectivity index (χ0v) is 19.6. The molecule has 1 aliphatic heterocycles. The molecule has 2 N–H and O–H groups in total. The zero-order chi connectivity index (χ0) is 18.7. The van der Waals surface area contributed by atoms with E-state index in [1.165, 1.54) is 10.4 Å². The Morgan fingerprint density at radius 2 is 1.93 bits per heavy atom. The average molecular weight is 514 g/mol. The van der Waals surface area contributed by atoms with Gasteiger partial charge in [-0.1, -0.05) is 36.4 Å². The maximum Gasteiger partial charge on any atom is 0.191 e. The molecule has 7 heteroatoms. The second-order valence-corrected chi connectivity index (χ2v) is 7.63. The number of halogens is 1. The van der Waals surface area contributed by atoms with E-state index in [9.17, 15) is 0 Å². The lowest BCUT2D eigenvalue weighted by Gasteiger charge is -2.34. The van der Waals surface area contributed by atoms with Crippen LogP contribution in [0.3, 0.4) is 0 Å². The molecule has 1 aromatic carbocycles. The van der Waals surface area contributed by atoms with Crippen molar-refractivity contribution in [3.63, 3.8) is 0 Å². The summed E-state index contributed by atoms with van der Waals surface area (Å²) < 4.78 is 5.52. The van der Waals surface area contributed by atoms with E-state index in [1.54, 1.807) is 0 Å². The third kappa shape index (κ3) is 7.35. The molecule has 3 rings (SSSR count). The van der Waals surface area contributed by atoms with Crippen LogP contribution in [0, 0.1) is 0 Å². The summed E-state index contributed by atoms with van der Waals surface area (Å²) in [5.41, 5.74) is 1.38. The third-order valence-corrected chi connectivity index (χ3v) is 5.80. The zero-order valence-electron chi connectivity index (χ0n) is 16.5. The molecule has 1 aliphatic rings. The Labute approximate surface area is 189 Å². The fraction of sp³-hybridized carbons (Fsp3) is 0.476. The molecule has 1 atom stereocenters. The summed E-state index contributed by atoms with van der Waals surface area (Å²) in [6, 6.07) is 15.3. The van der Waals surface area contributed by atoms with Gasteiger partial charge in [0.2, 0.25) is 0 Å². The predicted octanol–water partition coefficient (Wildman–Crippen LogP) is 3.54. The van der Waals surface area contributed by atoms with Gasteiger partial charge < -0.3 is 15.4 Å². The number of hydrogen-bond donors (Lipinski definition) is 2. The molecule has 0 radical (unpaired) electrons. The van der Waals surface area contributed by atoms with E-state index in [0.717, 1.165) is 58.2 Å². The lowest BCUT2D eigenvalue weighted by molar-refractivity contribution is 0.0177. The molecule has 1 saturated heterocycles. The van der Waals surface area contributed by atoms with Crippen LogP contribution in [0.4, 0.5) is 0 Å². The van der Waals surface area contributed by atoms with Crippen molar-refractivity contribution in [2.75, 3.05) is 46.4 Å². The Bertz CT molecular complexity index is 675. The minimum absolute atomic E-state index is 0. The van der Waals surface area contributed by atoms with Crippen molar-refractivity contribution in [3.8, 4) is 0 Å². The minimum atomic E-state index is 0. The first kappa shape index (κ1) is 23.1. The Balaban J connectivity index is 0.00000280. The van der Waals surface area contributed by atoms with Gasteiger partial charge >= 0.3 is 0 Å². The van der Waals surface area contributed by atoms with Crippen LogP contribution < -0.4 is 10.6 Å². The molecule has 2 aromatic rings. The number of benzene rings is 1. The molecule has 1 aromatic heterocycles. The first-order valence-electron chi connectivity index (χ1n) is 9.70. The van der Waals surface area contributed by atoms with E-state index >= 15 is 0 Å². The average Bonchev–Trinajstić information content (AvgIpc) is 3.26. The lowest BCUT2D eigenvalue weighted by atomic mass is 10.1. The number of ether oxygens (including phenoxy) is 1. The monoisotopic (exact) mass is 514 g/mol. The number of morpholine rings is 1. The molecule has 0 spiro atoms. The van der Waals surface area contributed by atoms with Gasteiger partial charge in [-0.05, 0) is 29.9 Å². The van der Waals surface area contributed by atoms with E-state index in [2.05, 4.69) is 68.4 Å². The number of nitrogens with zero attached hydrogens (tertiary/aromatic N) is 2. The van der Waals surface area contributed by atoms with Crippen LogP contribution in [0.5, 0.6) is 0 Å². The number of aliphatic imine (C=N–C) groups is 1. The Kier molecular flexibility index (Phi) is 10.8. The molecule has 5 nitrogen and oxygen atoms in total. The van der Waals surface area contributed by atoms with Gasteiger partial charge in [0.25, 0.3) is 0 Å². The smallest absolute Gasteiger partial charge is 0.191 e. The van der Waals surface area contributed by atoms with Crippen molar-refractivity contribution in [2.45, 2.75) is 18.9 Å². The maximum absolute atomic E-state index is 5.52. The van der Waals surface area contributed by atoms with Crippen LogP contribution >= 0.6 is 35.3 Å². The van der Waals surface area contributed by atoms with Crippen molar-refractivity contribution < 1.29 is 4.74 Å². The minimum Gasteiger partial charge on any atom is -0.379 e. The van der Waals surface area contributed by atoms with Gasteiger partial charge in [0, 0.05) is 38.1 Å². The van der Waals surface area contributed by atoms with Crippen molar-refractivity contribution >= 4 is 41.3 Å². The van der Waals surface area contributed by atoms with Crippen molar-refractivity contribution in [1.29, 1.82) is 0 Å². The predicted molar refractivity (Wildman–Crippen MR) is 129 cm³/mol. The first-order chi connectivity index (χ1) is 13.4.